The SMILES string of the molecule is COc1cc(C=CC(=O)Nc2ccc(F)c([N+](=O)[O-])c2)cc(OC)c1OC. The van der Waals surface area contributed by atoms with Crippen molar-refractivity contribution >= 4 is 23.4 Å². The van der Waals surface area contributed by atoms with E-state index in [0.717, 1.165) is 12.1 Å². The van der Waals surface area contributed by atoms with Crippen LogP contribution in [0, 0.1) is 15.9 Å². The quantitative estimate of drug-likeness (QED) is 0.452. The van der Waals surface area contributed by atoms with E-state index in [1.165, 1.54) is 39.5 Å². The van der Waals surface area contributed by atoms with E-state index >= 15 is 0 Å². The number of halogens is 1. The Kier molecular flexibility index (Phi) is 6.32. The number of amides is 1. The summed E-state index contributed by atoms with van der Waals surface area (Å²) >= 11 is 0. The van der Waals surface area contributed by atoms with Crippen LogP contribution in [0.1, 0.15) is 5.56 Å². The number of methoxy groups -OCH3 is 3. The van der Waals surface area contributed by atoms with E-state index in [1.54, 1.807) is 12.1 Å². The maximum Gasteiger partial charge on any atom is 0.306 e. The van der Waals surface area contributed by atoms with Crippen LogP contribution < -0.4 is 19.5 Å². The third-order valence-electron chi connectivity index (χ3n) is 3.52. The third kappa shape index (κ3) is 4.72. The highest BCUT2D eigenvalue weighted by Crippen LogP contribution is 2.38. The average Bonchev–Trinajstić information content (AvgIpc) is 2.66. The number of nitro groups is 1. The fourth-order valence-corrected chi connectivity index (χ4v) is 2.28. The summed E-state index contributed by atoms with van der Waals surface area (Å²) in [5.41, 5.74) is -0.0196. The summed E-state index contributed by atoms with van der Waals surface area (Å²) < 4.78 is 29.0. The molecule has 0 aliphatic carbocycles. The van der Waals surface area contributed by atoms with Crippen LogP contribution in [0.5, 0.6) is 17.2 Å². The first-order valence-electron chi connectivity index (χ1n) is 7.62. The highest BCUT2D eigenvalue weighted by atomic mass is 19.1. The fraction of sp³-hybridized carbons (Fsp3) is 0.167. The maximum absolute atomic E-state index is 13.3. The summed E-state index contributed by atoms with van der Waals surface area (Å²) in [6, 6.07) is 6.38. The van der Waals surface area contributed by atoms with Crippen molar-refractivity contribution in [2.75, 3.05) is 26.6 Å². The number of carbonyl (C=O) groups is 1. The molecule has 0 aliphatic rings. The number of hydrogen-bond donors (Lipinski definition) is 1. The van der Waals surface area contributed by atoms with E-state index in [9.17, 15) is 19.3 Å². The molecular formula is C18H17FN2O6. The summed E-state index contributed by atoms with van der Waals surface area (Å²) in [4.78, 5) is 21.9. The number of carbonyl (C=O) groups excluding carboxylic acids is 1. The molecule has 0 atom stereocenters. The number of benzene rings is 2. The van der Waals surface area contributed by atoms with E-state index in [4.69, 9.17) is 14.2 Å². The van der Waals surface area contributed by atoms with Crippen molar-refractivity contribution in [3.05, 3.63) is 57.9 Å². The number of nitro benzene ring substituents is 1. The van der Waals surface area contributed by atoms with Crippen LogP contribution in [0.15, 0.2) is 36.4 Å². The molecule has 0 fully saturated rings. The summed E-state index contributed by atoms with van der Waals surface area (Å²) in [7, 11) is 4.42. The van der Waals surface area contributed by atoms with Crippen molar-refractivity contribution in [1.29, 1.82) is 0 Å². The van der Waals surface area contributed by atoms with Gasteiger partial charge in [-0.05, 0) is 35.9 Å². The Balaban J connectivity index is 2.20. The van der Waals surface area contributed by atoms with Gasteiger partial charge in [-0.3, -0.25) is 14.9 Å². The molecule has 0 unspecified atom stereocenters. The van der Waals surface area contributed by atoms with Crippen molar-refractivity contribution in [2.24, 2.45) is 0 Å². The van der Waals surface area contributed by atoms with Crippen molar-refractivity contribution in [3.63, 3.8) is 0 Å². The molecule has 1 N–H and O–H groups in total. The topological polar surface area (TPSA) is 99.9 Å². The lowest BCUT2D eigenvalue weighted by atomic mass is 10.1. The molecule has 1 amide bonds. The average molecular weight is 376 g/mol. The van der Waals surface area contributed by atoms with Crippen LogP contribution in [0.3, 0.4) is 0 Å². The molecule has 2 rings (SSSR count). The lowest BCUT2D eigenvalue weighted by molar-refractivity contribution is -0.387. The zero-order valence-electron chi connectivity index (χ0n) is 14.8. The third-order valence-corrected chi connectivity index (χ3v) is 3.52. The Labute approximate surface area is 154 Å². The molecule has 0 saturated heterocycles. The van der Waals surface area contributed by atoms with Gasteiger partial charge in [-0.15, -0.1) is 0 Å². The largest absolute Gasteiger partial charge is 0.493 e. The summed E-state index contributed by atoms with van der Waals surface area (Å²) in [5.74, 6) is -0.270. The van der Waals surface area contributed by atoms with Gasteiger partial charge in [-0.2, -0.15) is 4.39 Å². The molecule has 142 valence electrons. The highest BCUT2D eigenvalue weighted by molar-refractivity contribution is 6.02. The number of ether oxygens (including phenoxy) is 3. The van der Waals surface area contributed by atoms with Crippen LogP contribution in [0.25, 0.3) is 6.08 Å². The summed E-state index contributed by atoms with van der Waals surface area (Å²) in [6.07, 6.45) is 2.72. The van der Waals surface area contributed by atoms with E-state index in [0.29, 0.717) is 22.8 Å². The van der Waals surface area contributed by atoms with Gasteiger partial charge in [-0.25, -0.2) is 0 Å². The molecule has 27 heavy (non-hydrogen) atoms. The number of anilines is 1. The second kappa shape index (κ2) is 8.65. The second-order valence-electron chi connectivity index (χ2n) is 5.20. The minimum absolute atomic E-state index is 0.0997. The Morgan fingerprint density at radius 3 is 2.26 bits per heavy atom. The monoisotopic (exact) mass is 376 g/mol. The number of hydrogen-bond acceptors (Lipinski definition) is 6. The molecule has 0 spiro atoms. The van der Waals surface area contributed by atoms with Gasteiger partial charge in [0.15, 0.2) is 11.5 Å². The number of nitrogens with zero attached hydrogens (tertiary/aromatic N) is 1. The first kappa shape index (κ1) is 19.7. The Hall–Kier alpha value is -3.62. The second-order valence-corrected chi connectivity index (χ2v) is 5.20. The predicted molar refractivity (Wildman–Crippen MR) is 96.8 cm³/mol. The lowest BCUT2D eigenvalue weighted by Crippen LogP contribution is -2.08. The summed E-state index contributed by atoms with van der Waals surface area (Å²) in [5, 5.41) is 13.2. The first-order chi connectivity index (χ1) is 12.9. The van der Waals surface area contributed by atoms with E-state index in [2.05, 4.69) is 5.32 Å². The van der Waals surface area contributed by atoms with Gasteiger partial charge < -0.3 is 19.5 Å². The fourth-order valence-electron chi connectivity index (χ4n) is 2.28. The molecule has 0 heterocycles. The van der Waals surface area contributed by atoms with Crippen LogP contribution in [-0.4, -0.2) is 32.2 Å². The number of nitrogens with one attached hydrogen (secondary N) is 1. The Morgan fingerprint density at radius 1 is 1.11 bits per heavy atom. The van der Waals surface area contributed by atoms with Crippen molar-refractivity contribution in [1.82, 2.24) is 0 Å². The smallest absolute Gasteiger partial charge is 0.306 e. The predicted octanol–water partition coefficient (Wildman–Crippen LogP) is 3.41. The van der Waals surface area contributed by atoms with Crippen LogP contribution in [0.4, 0.5) is 15.8 Å². The van der Waals surface area contributed by atoms with Crippen LogP contribution in [0.2, 0.25) is 0 Å². The van der Waals surface area contributed by atoms with E-state index in [1.807, 2.05) is 0 Å². The van der Waals surface area contributed by atoms with Gasteiger partial charge in [0, 0.05) is 17.8 Å². The van der Waals surface area contributed by atoms with Gasteiger partial charge in [0.25, 0.3) is 0 Å². The van der Waals surface area contributed by atoms with Crippen molar-refractivity contribution in [3.8, 4) is 17.2 Å². The van der Waals surface area contributed by atoms with Crippen molar-refractivity contribution in [2.45, 2.75) is 0 Å². The lowest BCUT2D eigenvalue weighted by Gasteiger charge is -2.12. The van der Waals surface area contributed by atoms with Crippen LogP contribution >= 0.6 is 0 Å². The molecule has 9 heteroatoms. The normalized spacial score (nSPS) is 10.5. The van der Waals surface area contributed by atoms with Crippen LogP contribution in [-0.2, 0) is 4.79 Å². The molecule has 8 nitrogen and oxygen atoms in total. The highest BCUT2D eigenvalue weighted by Gasteiger charge is 2.15. The molecular weight excluding hydrogens is 359 g/mol. The minimum Gasteiger partial charge on any atom is -0.493 e. The Morgan fingerprint density at radius 2 is 1.74 bits per heavy atom. The minimum atomic E-state index is -0.981. The van der Waals surface area contributed by atoms with E-state index in [-0.39, 0.29) is 5.69 Å². The Bertz CT molecular complexity index is 872. The van der Waals surface area contributed by atoms with Gasteiger partial charge in [0.05, 0.1) is 26.3 Å². The van der Waals surface area contributed by atoms with Gasteiger partial charge in [-0.1, -0.05) is 0 Å². The zero-order valence-corrected chi connectivity index (χ0v) is 14.8. The maximum atomic E-state index is 13.3. The molecule has 0 aromatic heterocycles. The molecule has 0 radical (unpaired) electrons. The van der Waals surface area contributed by atoms with Gasteiger partial charge in [0.1, 0.15) is 0 Å². The van der Waals surface area contributed by atoms with Crippen molar-refractivity contribution < 1.29 is 28.3 Å². The standard InChI is InChI=1S/C18H17FN2O6/c1-25-15-8-11(9-16(26-2)18(15)27-3)4-7-17(22)20-12-5-6-13(19)14(10-12)21(23)24/h4-10H,1-3H3,(H,20,22). The molecule has 0 bridgehead atoms. The molecule has 0 saturated carbocycles. The molecule has 2 aromatic rings. The van der Waals surface area contributed by atoms with Gasteiger partial charge in [0.2, 0.25) is 17.5 Å². The number of rotatable bonds is 7. The van der Waals surface area contributed by atoms with E-state index < -0.39 is 22.3 Å². The molecule has 0 aliphatic heterocycles. The zero-order chi connectivity index (χ0) is 20.0. The van der Waals surface area contributed by atoms with Gasteiger partial charge >= 0.3 is 5.69 Å². The molecule has 2 aromatic carbocycles. The summed E-state index contributed by atoms with van der Waals surface area (Å²) in [6.45, 7) is 0. The first-order valence-corrected chi connectivity index (χ1v) is 7.62.